The third-order valence-electron chi connectivity index (χ3n) is 2.59. The molecule has 0 saturated carbocycles. The smallest absolute Gasteiger partial charge is 0.0478 e. The number of aryl methyl sites for hydroxylation is 1. The maximum absolute atomic E-state index is 6.10. The van der Waals surface area contributed by atoms with Gasteiger partial charge in [-0.15, -0.1) is 0 Å². The lowest BCUT2D eigenvalue weighted by atomic mass is 10.1. The highest BCUT2D eigenvalue weighted by Gasteiger charge is 2.00. The summed E-state index contributed by atoms with van der Waals surface area (Å²) in [4.78, 5) is 0. The van der Waals surface area contributed by atoms with E-state index in [-0.39, 0.29) is 0 Å². The van der Waals surface area contributed by atoms with Crippen molar-refractivity contribution < 1.29 is 0 Å². The molecule has 1 N–H and O–H groups in total. The number of rotatable bonds is 3. The van der Waals surface area contributed by atoms with Crippen molar-refractivity contribution in [1.82, 2.24) is 0 Å². The molecule has 2 rings (SSSR count). The molecule has 0 bridgehead atoms. The Morgan fingerprint density at radius 1 is 1.18 bits per heavy atom. The average molecular weight is 358 g/mol. The molecule has 3 heteroatoms. The number of hydrogen-bond acceptors (Lipinski definition) is 1. The second-order valence-corrected chi connectivity index (χ2v) is 5.49. The fraction of sp³-hybridized carbons (Fsp3) is 0.143. The van der Waals surface area contributed by atoms with Crippen LogP contribution in [-0.2, 0) is 6.54 Å². The molecule has 88 valence electrons. The molecule has 17 heavy (non-hydrogen) atoms. The third-order valence-corrected chi connectivity index (χ3v) is 3.94. The molecule has 2 aromatic carbocycles. The van der Waals surface area contributed by atoms with Gasteiger partial charge in [-0.25, -0.2) is 0 Å². The first-order chi connectivity index (χ1) is 8.16. The van der Waals surface area contributed by atoms with Gasteiger partial charge in [0.1, 0.15) is 0 Å². The van der Waals surface area contributed by atoms with Gasteiger partial charge in [0.05, 0.1) is 0 Å². The van der Waals surface area contributed by atoms with Crippen LogP contribution in [0.25, 0.3) is 0 Å². The Kier molecular flexibility index (Phi) is 4.29. The summed E-state index contributed by atoms with van der Waals surface area (Å²) < 4.78 is 1.23. The summed E-state index contributed by atoms with van der Waals surface area (Å²) in [6.07, 6.45) is 0. The van der Waals surface area contributed by atoms with Crippen LogP contribution in [0, 0.1) is 10.5 Å². The molecule has 0 atom stereocenters. The van der Waals surface area contributed by atoms with E-state index in [1.165, 1.54) is 9.13 Å². The van der Waals surface area contributed by atoms with E-state index in [0.717, 1.165) is 22.8 Å². The number of para-hydroxylation sites is 1. The van der Waals surface area contributed by atoms with Crippen LogP contribution in [0.1, 0.15) is 11.1 Å². The number of nitrogens with one attached hydrogen (secondary N) is 1. The molecule has 0 radical (unpaired) electrons. The summed E-state index contributed by atoms with van der Waals surface area (Å²) in [6, 6.07) is 14.4. The van der Waals surface area contributed by atoms with E-state index in [9.17, 15) is 0 Å². The molecule has 0 aliphatic heterocycles. The van der Waals surface area contributed by atoms with Crippen molar-refractivity contribution in [2.45, 2.75) is 13.5 Å². The largest absolute Gasteiger partial charge is 0.380 e. The highest BCUT2D eigenvalue weighted by Crippen LogP contribution is 2.20. The quantitative estimate of drug-likeness (QED) is 0.773. The lowest BCUT2D eigenvalue weighted by molar-refractivity contribution is 1.14. The van der Waals surface area contributed by atoms with Gasteiger partial charge in [-0.1, -0.05) is 35.9 Å². The Labute approximate surface area is 120 Å². The second kappa shape index (κ2) is 5.74. The van der Waals surface area contributed by atoms with E-state index < -0.39 is 0 Å². The lowest BCUT2D eigenvalue weighted by Crippen LogP contribution is -2.00. The first-order valence-corrected chi connectivity index (χ1v) is 6.86. The van der Waals surface area contributed by atoms with Crippen molar-refractivity contribution in [2.75, 3.05) is 5.32 Å². The summed E-state index contributed by atoms with van der Waals surface area (Å²) in [7, 11) is 0. The van der Waals surface area contributed by atoms with Crippen LogP contribution < -0.4 is 5.32 Å². The highest BCUT2D eigenvalue weighted by molar-refractivity contribution is 14.1. The number of benzene rings is 2. The van der Waals surface area contributed by atoms with Crippen molar-refractivity contribution in [3.05, 3.63) is 62.2 Å². The molecule has 0 fully saturated rings. The Morgan fingerprint density at radius 2 is 1.94 bits per heavy atom. The van der Waals surface area contributed by atoms with Gasteiger partial charge >= 0.3 is 0 Å². The zero-order valence-electron chi connectivity index (χ0n) is 9.50. The van der Waals surface area contributed by atoms with Gasteiger partial charge in [-0.3, -0.25) is 0 Å². The van der Waals surface area contributed by atoms with Gasteiger partial charge in [0.2, 0.25) is 0 Å². The predicted octanol–water partition coefficient (Wildman–Crippen LogP) is 4.87. The van der Waals surface area contributed by atoms with Crippen LogP contribution in [0.5, 0.6) is 0 Å². The third kappa shape index (κ3) is 3.36. The Morgan fingerprint density at radius 3 is 2.65 bits per heavy atom. The van der Waals surface area contributed by atoms with Crippen molar-refractivity contribution >= 4 is 39.9 Å². The molecule has 0 aliphatic rings. The molecule has 0 saturated heterocycles. The monoisotopic (exact) mass is 357 g/mol. The van der Waals surface area contributed by atoms with Gasteiger partial charge in [0, 0.05) is 20.8 Å². The fourth-order valence-corrected chi connectivity index (χ4v) is 2.33. The van der Waals surface area contributed by atoms with E-state index in [2.05, 4.69) is 52.2 Å². The van der Waals surface area contributed by atoms with Crippen LogP contribution in [0.3, 0.4) is 0 Å². The molecule has 1 nitrogen and oxygen atoms in total. The van der Waals surface area contributed by atoms with Gasteiger partial charge in [0.15, 0.2) is 0 Å². The summed E-state index contributed by atoms with van der Waals surface area (Å²) in [5.41, 5.74) is 3.47. The minimum Gasteiger partial charge on any atom is -0.380 e. The normalized spacial score (nSPS) is 10.3. The first kappa shape index (κ1) is 12.7. The molecular formula is C14H13ClIN. The van der Waals surface area contributed by atoms with Crippen molar-refractivity contribution in [1.29, 1.82) is 0 Å². The van der Waals surface area contributed by atoms with Gasteiger partial charge in [-0.05, 0) is 58.8 Å². The lowest BCUT2D eigenvalue weighted by Gasteiger charge is -2.09. The van der Waals surface area contributed by atoms with Crippen molar-refractivity contribution in [2.24, 2.45) is 0 Å². The van der Waals surface area contributed by atoms with Gasteiger partial charge in [-0.2, -0.15) is 0 Å². The molecule has 0 amide bonds. The molecule has 2 aromatic rings. The summed E-state index contributed by atoms with van der Waals surface area (Å²) in [5.74, 6) is 0. The van der Waals surface area contributed by atoms with Gasteiger partial charge < -0.3 is 5.32 Å². The maximum atomic E-state index is 6.10. The Bertz CT molecular complexity index is 525. The van der Waals surface area contributed by atoms with E-state index in [0.29, 0.717) is 0 Å². The summed E-state index contributed by atoms with van der Waals surface area (Å²) in [5, 5.41) is 4.24. The number of halogens is 2. The first-order valence-electron chi connectivity index (χ1n) is 5.40. The SMILES string of the molecule is Cc1ccc(CNc2ccccc2I)cc1Cl. The van der Waals surface area contributed by atoms with Crippen molar-refractivity contribution in [3.63, 3.8) is 0 Å². The Hall–Kier alpha value is -0.740. The molecule has 0 spiro atoms. The minimum absolute atomic E-state index is 0.792. The van der Waals surface area contributed by atoms with E-state index >= 15 is 0 Å². The van der Waals surface area contributed by atoms with E-state index in [4.69, 9.17) is 11.6 Å². The predicted molar refractivity (Wildman–Crippen MR) is 82.7 cm³/mol. The van der Waals surface area contributed by atoms with E-state index in [1.807, 2.05) is 25.1 Å². The standard InChI is InChI=1S/C14H13ClIN/c1-10-6-7-11(8-12(10)15)9-17-14-5-3-2-4-13(14)16/h2-8,17H,9H2,1H3. The van der Waals surface area contributed by atoms with Crippen LogP contribution in [0.4, 0.5) is 5.69 Å². The highest BCUT2D eigenvalue weighted by atomic mass is 127. The summed E-state index contributed by atoms with van der Waals surface area (Å²) >= 11 is 8.42. The molecule has 0 heterocycles. The Balaban J connectivity index is 2.08. The fourth-order valence-electron chi connectivity index (χ4n) is 1.55. The molecule has 0 aromatic heterocycles. The van der Waals surface area contributed by atoms with Crippen LogP contribution in [0.2, 0.25) is 5.02 Å². The topological polar surface area (TPSA) is 12.0 Å². The summed E-state index contributed by atoms with van der Waals surface area (Å²) in [6.45, 7) is 2.81. The minimum atomic E-state index is 0.792. The second-order valence-electron chi connectivity index (χ2n) is 3.92. The molecular weight excluding hydrogens is 345 g/mol. The van der Waals surface area contributed by atoms with Crippen LogP contribution in [0.15, 0.2) is 42.5 Å². The maximum Gasteiger partial charge on any atom is 0.0478 e. The van der Waals surface area contributed by atoms with Crippen LogP contribution >= 0.6 is 34.2 Å². The van der Waals surface area contributed by atoms with Crippen molar-refractivity contribution in [3.8, 4) is 0 Å². The molecule has 0 aliphatic carbocycles. The number of anilines is 1. The average Bonchev–Trinajstić information content (AvgIpc) is 2.32. The van der Waals surface area contributed by atoms with Gasteiger partial charge in [0.25, 0.3) is 0 Å². The number of hydrogen-bond donors (Lipinski definition) is 1. The van der Waals surface area contributed by atoms with E-state index in [1.54, 1.807) is 0 Å². The zero-order valence-corrected chi connectivity index (χ0v) is 12.4. The zero-order chi connectivity index (χ0) is 12.3. The van der Waals surface area contributed by atoms with Crippen LogP contribution in [-0.4, -0.2) is 0 Å². The molecule has 0 unspecified atom stereocenters.